The number of carbonyl (C=O) groups excluding carboxylic acids is 1. The van der Waals surface area contributed by atoms with Crippen molar-refractivity contribution in [2.45, 2.75) is 52.2 Å². The first-order valence-electron chi connectivity index (χ1n) is 7.06. The lowest BCUT2D eigenvalue weighted by Gasteiger charge is -2.14. The number of amides is 1. The van der Waals surface area contributed by atoms with E-state index < -0.39 is 0 Å². The van der Waals surface area contributed by atoms with Gasteiger partial charge in [0.25, 0.3) is 0 Å². The first kappa shape index (κ1) is 14.1. The fraction of sp³-hybridized carbons (Fsp3) is 0.562. The van der Waals surface area contributed by atoms with Crippen LogP contribution in [0.2, 0.25) is 0 Å². The molecule has 2 rings (SSSR count). The zero-order chi connectivity index (χ0) is 13.8. The highest BCUT2D eigenvalue weighted by Gasteiger charge is 2.23. The highest BCUT2D eigenvalue weighted by atomic mass is 16.5. The van der Waals surface area contributed by atoms with Crippen LogP contribution in [0.4, 0.5) is 0 Å². The number of carbonyl (C=O) groups is 1. The molecule has 1 heterocycles. The van der Waals surface area contributed by atoms with Gasteiger partial charge in [0.05, 0.1) is 0 Å². The lowest BCUT2D eigenvalue weighted by Crippen LogP contribution is -2.33. The maximum Gasteiger partial charge on any atom is 0.249 e. The van der Waals surface area contributed by atoms with E-state index in [-0.39, 0.29) is 12.0 Å². The molecule has 0 aliphatic carbocycles. The summed E-state index contributed by atoms with van der Waals surface area (Å²) >= 11 is 0. The Morgan fingerprint density at radius 2 is 2.26 bits per heavy atom. The van der Waals surface area contributed by atoms with Crippen molar-refractivity contribution in [2.75, 3.05) is 6.61 Å². The molecule has 1 aliphatic heterocycles. The molecule has 0 saturated carbocycles. The first-order valence-corrected chi connectivity index (χ1v) is 7.06. The van der Waals surface area contributed by atoms with Crippen LogP contribution in [0.1, 0.15) is 49.3 Å². The molecule has 1 aromatic carbocycles. The summed E-state index contributed by atoms with van der Waals surface area (Å²) in [5.41, 5.74) is 3.72. The van der Waals surface area contributed by atoms with Crippen molar-refractivity contribution in [3.63, 3.8) is 0 Å². The van der Waals surface area contributed by atoms with Gasteiger partial charge >= 0.3 is 0 Å². The number of hydrogen-bond donors (Lipinski definition) is 1. The van der Waals surface area contributed by atoms with Gasteiger partial charge in [-0.05, 0) is 42.4 Å². The van der Waals surface area contributed by atoms with Gasteiger partial charge in [-0.3, -0.25) is 4.79 Å². The third kappa shape index (κ3) is 3.57. The second kappa shape index (κ2) is 6.20. The van der Waals surface area contributed by atoms with Crippen molar-refractivity contribution in [3.8, 4) is 0 Å². The minimum atomic E-state index is -0.242. The van der Waals surface area contributed by atoms with E-state index in [9.17, 15) is 4.79 Å². The number of benzene rings is 1. The van der Waals surface area contributed by atoms with E-state index in [1.807, 2.05) is 0 Å². The maximum atomic E-state index is 11.9. The fourth-order valence-corrected chi connectivity index (χ4v) is 2.32. The normalized spacial score (nSPS) is 18.8. The van der Waals surface area contributed by atoms with Gasteiger partial charge in [-0.25, -0.2) is 0 Å². The molecule has 0 aromatic heterocycles. The summed E-state index contributed by atoms with van der Waals surface area (Å²) < 4.78 is 5.38. The highest BCUT2D eigenvalue weighted by molar-refractivity contribution is 5.80. The van der Waals surface area contributed by atoms with E-state index in [1.54, 1.807) is 0 Å². The van der Waals surface area contributed by atoms with Crippen molar-refractivity contribution < 1.29 is 9.53 Å². The maximum absolute atomic E-state index is 11.9. The van der Waals surface area contributed by atoms with Gasteiger partial charge in [0.1, 0.15) is 6.10 Å². The van der Waals surface area contributed by atoms with Gasteiger partial charge in [0.15, 0.2) is 0 Å². The van der Waals surface area contributed by atoms with Crippen molar-refractivity contribution in [1.82, 2.24) is 5.32 Å². The van der Waals surface area contributed by atoms with E-state index in [4.69, 9.17) is 4.74 Å². The van der Waals surface area contributed by atoms with E-state index in [0.717, 1.165) is 12.8 Å². The summed E-state index contributed by atoms with van der Waals surface area (Å²) in [7, 11) is 0. The molecule has 0 radical (unpaired) electrons. The van der Waals surface area contributed by atoms with E-state index in [2.05, 4.69) is 44.3 Å². The van der Waals surface area contributed by atoms with Crippen LogP contribution in [0.3, 0.4) is 0 Å². The molecule has 1 amide bonds. The van der Waals surface area contributed by atoms with Gasteiger partial charge in [-0.15, -0.1) is 0 Å². The van der Waals surface area contributed by atoms with Crippen molar-refractivity contribution in [1.29, 1.82) is 0 Å². The van der Waals surface area contributed by atoms with Crippen LogP contribution < -0.4 is 5.32 Å². The topological polar surface area (TPSA) is 38.3 Å². The SMILES string of the molecule is Cc1ccc(C(C)C)cc1CNC(=O)C1CCCO1. The molecule has 1 unspecified atom stereocenters. The molecule has 0 spiro atoms. The third-order valence-corrected chi connectivity index (χ3v) is 3.72. The third-order valence-electron chi connectivity index (χ3n) is 3.72. The monoisotopic (exact) mass is 261 g/mol. The molecule has 1 atom stereocenters. The standard InChI is InChI=1S/C16H23NO2/c1-11(2)13-7-6-12(3)14(9-13)10-17-16(18)15-5-4-8-19-15/h6-7,9,11,15H,4-5,8,10H2,1-3H3,(H,17,18). The smallest absolute Gasteiger partial charge is 0.249 e. The molecular formula is C16H23NO2. The summed E-state index contributed by atoms with van der Waals surface area (Å²) in [4.78, 5) is 11.9. The van der Waals surface area contributed by atoms with Crippen molar-refractivity contribution >= 4 is 5.91 Å². The van der Waals surface area contributed by atoms with E-state index in [1.165, 1.54) is 16.7 Å². The van der Waals surface area contributed by atoms with Crippen LogP contribution in [0, 0.1) is 6.92 Å². The molecule has 1 aromatic rings. The van der Waals surface area contributed by atoms with Crippen LogP contribution in [-0.2, 0) is 16.1 Å². The minimum Gasteiger partial charge on any atom is -0.368 e. The Bertz CT molecular complexity index is 448. The molecule has 1 saturated heterocycles. The average molecular weight is 261 g/mol. The van der Waals surface area contributed by atoms with Gasteiger partial charge < -0.3 is 10.1 Å². The van der Waals surface area contributed by atoms with Gasteiger partial charge in [0, 0.05) is 13.2 Å². The minimum absolute atomic E-state index is 0.0202. The number of rotatable bonds is 4. The first-order chi connectivity index (χ1) is 9.08. The molecule has 3 nitrogen and oxygen atoms in total. The largest absolute Gasteiger partial charge is 0.368 e. The van der Waals surface area contributed by atoms with Crippen LogP contribution in [-0.4, -0.2) is 18.6 Å². The Hall–Kier alpha value is -1.35. The Kier molecular flexibility index (Phi) is 4.59. The predicted octanol–water partition coefficient (Wildman–Crippen LogP) is 2.91. The Morgan fingerprint density at radius 3 is 2.89 bits per heavy atom. The highest BCUT2D eigenvalue weighted by Crippen LogP contribution is 2.19. The second-order valence-corrected chi connectivity index (χ2v) is 5.56. The zero-order valence-corrected chi connectivity index (χ0v) is 12.0. The number of hydrogen-bond acceptors (Lipinski definition) is 2. The molecule has 1 N–H and O–H groups in total. The predicted molar refractivity (Wildman–Crippen MR) is 76.1 cm³/mol. The quantitative estimate of drug-likeness (QED) is 0.905. The second-order valence-electron chi connectivity index (χ2n) is 5.56. The van der Waals surface area contributed by atoms with Crippen molar-refractivity contribution in [3.05, 3.63) is 34.9 Å². The van der Waals surface area contributed by atoms with E-state index >= 15 is 0 Å². The zero-order valence-electron chi connectivity index (χ0n) is 12.0. The lowest BCUT2D eigenvalue weighted by molar-refractivity contribution is -0.130. The Balaban J connectivity index is 1.98. The summed E-state index contributed by atoms with van der Waals surface area (Å²) in [6.07, 6.45) is 1.59. The van der Waals surface area contributed by atoms with Crippen LogP contribution >= 0.6 is 0 Å². The summed E-state index contributed by atoms with van der Waals surface area (Å²) in [5.74, 6) is 0.528. The molecule has 19 heavy (non-hydrogen) atoms. The van der Waals surface area contributed by atoms with Gasteiger partial charge in [-0.1, -0.05) is 32.0 Å². The Morgan fingerprint density at radius 1 is 1.47 bits per heavy atom. The number of ether oxygens (including phenoxy) is 1. The molecule has 1 fully saturated rings. The van der Waals surface area contributed by atoms with Crippen molar-refractivity contribution in [2.24, 2.45) is 0 Å². The number of aryl methyl sites for hydroxylation is 1. The molecule has 0 bridgehead atoms. The average Bonchev–Trinajstić information content (AvgIpc) is 2.91. The lowest BCUT2D eigenvalue weighted by atomic mass is 9.98. The van der Waals surface area contributed by atoms with E-state index in [0.29, 0.717) is 19.1 Å². The molecule has 3 heteroatoms. The summed E-state index contributed by atoms with van der Waals surface area (Å²) in [6, 6.07) is 6.48. The van der Waals surface area contributed by atoms with Gasteiger partial charge in [-0.2, -0.15) is 0 Å². The summed E-state index contributed by atoms with van der Waals surface area (Å²) in [5, 5.41) is 2.98. The van der Waals surface area contributed by atoms with Crippen LogP contribution in [0.25, 0.3) is 0 Å². The van der Waals surface area contributed by atoms with Gasteiger partial charge in [0.2, 0.25) is 5.91 Å². The summed E-state index contributed by atoms with van der Waals surface area (Å²) in [6.45, 7) is 7.74. The molecular weight excluding hydrogens is 238 g/mol. The Labute approximate surface area is 115 Å². The molecule has 1 aliphatic rings. The number of nitrogens with one attached hydrogen (secondary N) is 1. The molecule has 104 valence electrons. The van der Waals surface area contributed by atoms with Crippen LogP contribution in [0.5, 0.6) is 0 Å². The van der Waals surface area contributed by atoms with Crippen LogP contribution in [0.15, 0.2) is 18.2 Å². The fourth-order valence-electron chi connectivity index (χ4n) is 2.32.